The summed E-state index contributed by atoms with van der Waals surface area (Å²) in [5.74, 6) is 1.94. The zero-order valence-electron chi connectivity index (χ0n) is 17.8. The molecular formula is C22H20N6O4S. The molecule has 0 saturated carbocycles. The Bertz CT molecular complexity index is 1370. The average Bonchev–Trinajstić information content (AvgIpc) is 3.21. The number of amides is 1. The molecule has 4 aromatic rings. The molecule has 2 heterocycles. The molecule has 0 aliphatic rings. The fourth-order valence-corrected chi connectivity index (χ4v) is 4.02. The Balaban J connectivity index is 1.40. The number of nitrogens with one attached hydrogen (secondary N) is 2. The Morgan fingerprint density at radius 1 is 0.939 bits per heavy atom. The number of nitrogens with zero attached hydrogens (tertiary/aromatic N) is 4. The van der Waals surface area contributed by atoms with Gasteiger partial charge in [-0.3, -0.25) is 14.1 Å². The molecule has 0 fully saturated rings. The summed E-state index contributed by atoms with van der Waals surface area (Å²) in [6.07, 6.45) is 3.47. The quantitative estimate of drug-likeness (QED) is 0.428. The van der Waals surface area contributed by atoms with E-state index < -0.39 is 10.0 Å². The summed E-state index contributed by atoms with van der Waals surface area (Å²) in [5.41, 5.74) is 0.879. The number of anilines is 2. The summed E-state index contributed by atoms with van der Waals surface area (Å²) in [4.78, 5) is 15.3. The van der Waals surface area contributed by atoms with Gasteiger partial charge in [0.15, 0.2) is 5.82 Å². The molecule has 0 unspecified atom stereocenters. The zero-order valence-corrected chi connectivity index (χ0v) is 18.6. The van der Waals surface area contributed by atoms with Gasteiger partial charge in [-0.25, -0.2) is 13.4 Å². The highest BCUT2D eigenvalue weighted by molar-refractivity contribution is 7.92. The lowest BCUT2D eigenvalue weighted by molar-refractivity contribution is -0.114. The van der Waals surface area contributed by atoms with Gasteiger partial charge >= 0.3 is 0 Å². The molecular weight excluding hydrogens is 444 g/mol. The smallest absolute Gasteiger partial charge is 0.261 e. The van der Waals surface area contributed by atoms with Crippen molar-refractivity contribution in [2.45, 2.75) is 18.7 Å². The summed E-state index contributed by atoms with van der Waals surface area (Å²) in [7, 11) is -3.79. The molecule has 0 aliphatic heterocycles. The van der Waals surface area contributed by atoms with Gasteiger partial charge in [0, 0.05) is 36.8 Å². The van der Waals surface area contributed by atoms with E-state index in [1.807, 2.05) is 6.92 Å². The number of imidazole rings is 1. The zero-order chi connectivity index (χ0) is 23.4. The van der Waals surface area contributed by atoms with E-state index in [1.54, 1.807) is 53.4 Å². The van der Waals surface area contributed by atoms with Crippen molar-refractivity contribution in [2.75, 3.05) is 10.0 Å². The first kappa shape index (κ1) is 22.0. The number of carbonyl (C=O) groups excluding carboxylic acids is 1. The highest BCUT2D eigenvalue weighted by atomic mass is 32.2. The number of ether oxygens (including phenoxy) is 1. The number of aromatic nitrogens is 4. The Labute approximate surface area is 190 Å². The van der Waals surface area contributed by atoms with E-state index >= 15 is 0 Å². The maximum atomic E-state index is 12.6. The topological polar surface area (TPSA) is 128 Å². The molecule has 2 aromatic carbocycles. The van der Waals surface area contributed by atoms with Crippen molar-refractivity contribution in [3.8, 4) is 17.4 Å². The minimum absolute atomic E-state index is 0.0698. The van der Waals surface area contributed by atoms with Gasteiger partial charge in [0.05, 0.1) is 4.90 Å². The van der Waals surface area contributed by atoms with E-state index in [4.69, 9.17) is 4.74 Å². The van der Waals surface area contributed by atoms with Gasteiger partial charge in [-0.2, -0.15) is 0 Å². The molecule has 0 saturated heterocycles. The molecule has 0 radical (unpaired) electrons. The fourth-order valence-electron chi connectivity index (χ4n) is 2.96. The maximum Gasteiger partial charge on any atom is 0.261 e. The van der Waals surface area contributed by atoms with Crippen LogP contribution in [0, 0.1) is 6.92 Å². The highest BCUT2D eigenvalue weighted by Crippen LogP contribution is 2.24. The molecule has 0 atom stereocenters. The third-order valence-electron chi connectivity index (χ3n) is 4.51. The predicted octanol–water partition coefficient (Wildman–Crippen LogP) is 3.52. The third-order valence-corrected chi connectivity index (χ3v) is 5.91. The minimum Gasteiger partial charge on any atom is -0.438 e. The molecule has 1 amide bonds. The Hall–Kier alpha value is -4.25. The Morgan fingerprint density at radius 2 is 1.64 bits per heavy atom. The SMILES string of the molecule is CC(=O)Nc1ccc(S(=O)(=O)Nc2ccc(Oc3ccc(-n4ccnc4C)nn3)cc2)cc1. The molecule has 168 valence electrons. The largest absolute Gasteiger partial charge is 0.438 e. The molecule has 10 nitrogen and oxygen atoms in total. The maximum absolute atomic E-state index is 12.6. The van der Waals surface area contributed by atoms with Crippen LogP contribution < -0.4 is 14.8 Å². The van der Waals surface area contributed by atoms with Crippen LogP contribution in [0.4, 0.5) is 11.4 Å². The van der Waals surface area contributed by atoms with Crippen LogP contribution in [0.3, 0.4) is 0 Å². The van der Waals surface area contributed by atoms with Crippen molar-refractivity contribution >= 4 is 27.3 Å². The number of sulfonamides is 1. The fraction of sp³-hybridized carbons (Fsp3) is 0.0909. The van der Waals surface area contributed by atoms with Crippen LogP contribution in [0.2, 0.25) is 0 Å². The first-order valence-corrected chi connectivity index (χ1v) is 11.3. The Morgan fingerprint density at radius 3 is 2.21 bits per heavy atom. The van der Waals surface area contributed by atoms with Crippen LogP contribution in [0.5, 0.6) is 11.6 Å². The van der Waals surface area contributed by atoms with E-state index in [0.29, 0.717) is 28.8 Å². The molecule has 0 spiro atoms. The van der Waals surface area contributed by atoms with Gasteiger partial charge in [-0.1, -0.05) is 0 Å². The normalized spacial score (nSPS) is 11.1. The first-order chi connectivity index (χ1) is 15.8. The van der Waals surface area contributed by atoms with Gasteiger partial charge < -0.3 is 10.1 Å². The van der Waals surface area contributed by atoms with Crippen LogP contribution in [-0.4, -0.2) is 34.1 Å². The molecule has 0 bridgehead atoms. The molecule has 2 N–H and O–H groups in total. The van der Waals surface area contributed by atoms with E-state index in [0.717, 1.165) is 5.82 Å². The second-order valence-electron chi connectivity index (χ2n) is 7.01. The standard InChI is InChI=1S/C22H20N6O4S/c1-15-23-13-14-28(15)21-11-12-22(26-25-21)32-19-7-3-18(4-8-19)27-33(30,31)20-9-5-17(6-10-20)24-16(2)29/h3-14,27H,1-2H3,(H,24,29). The van der Waals surface area contributed by atoms with Crippen molar-refractivity contribution in [3.05, 3.63) is 78.9 Å². The number of hydrogen-bond donors (Lipinski definition) is 2. The summed E-state index contributed by atoms with van der Waals surface area (Å²) < 4.78 is 35.2. The van der Waals surface area contributed by atoms with Crippen molar-refractivity contribution in [1.82, 2.24) is 19.7 Å². The summed E-state index contributed by atoms with van der Waals surface area (Å²) >= 11 is 0. The van der Waals surface area contributed by atoms with E-state index in [-0.39, 0.29) is 10.8 Å². The first-order valence-electron chi connectivity index (χ1n) is 9.83. The summed E-state index contributed by atoms with van der Waals surface area (Å²) in [6, 6.07) is 15.7. The molecule has 33 heavy (non-hydrogen) atoms. The van der Waals surface area contributed by atoms with Crippen LogP contribution in [0.15, 0.2) is 78.0 Å². The van der Waals surface area contributed by atoms with Crippen LogP contribution in [-0.2, 0) is 14.8 Å². The van der Waals surface area contributed by atoms with Gasteiger partial charge in [-0.05, 0) is 61.5 Å². The second kappa shape index (κ2) is 9.09. The molecule has 11 heteroatoms. The van der Waals surface area contributed by atoms with Gasteiger partial charge in [0.25, 0.3) is 10.0 Å². The van der Waals surface area contributed by atoms with E-state index in [1.165, 1.54) is 31.2 Å². The average molecular weight is 465 g/mol. The van der Waals surface area contributed by atoms with E-state index in [9.17, 15) is 13.2 Å². The van der Waals surface area contributed by atoms with Crippen molar-refractivity contribution in [3.63, 3.8) is 0 Å². The lowest BCUT2D eigenvalue weighted by Gasteiger charge is -2.10. The summed E-state index contributed by atoms with van der Waals surface area (Å²) in [5, 5.41) is 10.8. The van der Waals surface area contributed by atoms with Gasteiger partial charge in [-0.15, -0.1) is 10.2 Å². The van der Waals surface area contributed by atoms with Gasteiger partial charge in [0.2, 0.25) is 11.8 Å². The number of benzene rings is 2. The van der Waals surface area contributed by atoms with Crippen molar-refractivity contribution in [2.24, 2.45) is 0 Å². The summed E-state index contributed by atoms with van der Waals surface area (Å²) in [6.45, 7) is 3.24. The van der Waals surface area contributed by atoms with Crippen molar-refractivity contribution < 1.29 is 17.9 Å². The predicted molar refractivity (Wildman–Crippen MR) is 122 cm³/mol. The Kier molecular flexibility index (Phi) is 6.05. The number of aryl methyl sites for hydroxylation is 1. The van der Waals surface area contributed by atoms with Crippen molar-refractivity contribution in [1.29, 1.82) is 0 Å². The van der Waals surface area contributed by atoms with Crippen LogP contribution in [0.1, 0.15) is 12.7 Å². The number of hydrogen-bond acceptors (Lipinski definition) is 7. The lowest BCUT2D eigenvalue weighted by atomic mass is 10.3. The van der Waals surface area contributed by atoms with Crippen LogP contribution >= 0.6 is 0 Å². The number of carbonyl (C=O) groups is 1. The van der Waals surface area contributed by atoms with Crippen LogP contribution in [0.25, 0.3) is 5.82 Å². The molecule has 0 aliphatic carbocycles. The number of rotatable bonds is 7. The van der Waals surface area contributed by atoms with Gasteiger partial charge in [0.1, 0.15) is 11.6 Å². The van der Waals surface area contributed by atoms with E-state index in [2.05, 4.69) is 25.2 Å². The molecule has 2 aromatic heterocycles. The minimum atomic E-state index is -3.79. The molecule has 4 rings (SSSR count). The highest BCUT2D eigenvalue weighted by Gasteiger charge is 2.14. The monoisotopic (exact) mass is 464 g/mol. The second-order valence-corrected chi connectivity index (χ2v) is 8.69. The lowest BCUT2D eigenvalue weighted by Crippen LogP contribution is -2.13. The third kappa shape index (κ3) is 5.33.